The van der Waals surface area contributed by atoms with Crippen LogP contribution in [0.2, 0.25) is 5.28 Å². The molecule has 7 nitrogen and oxygen atoms in total. The first-order valence-electron chi connectivity index (χ1n) is 7.11. The lowest BCUT2D eigenvalue weighted by atomic mass is 10.2. The van der Waals surface area contributed by atoms with Gasteiger partial charge in [-0.1, -0.05) is 18.2 Å². The van der Waals surface area contributed by atoms with Crippen LogP contribution in [0.5, 0.6) is 0 Å². The summed E-state index contributed by atoms with van der Waals surface area (Å²) in [5, 5.41) is 11.8. The van der Waals surface area contributed by atoms with Crippen molar-refractivity contribution in [2.45, 2.75) is 6.54 Å². The predicted molar refractivity (Wildman–Crippen MR) is 94.4 cm³/mol. The summed E-state index contributed by atoms with van der Waals surface area (Å²) in [6.45, 7) is 0.545. The topological polar surface area (TPSA) is 72.9 Å². The van der Waals surface area contributed by atoms with E-state index >= 15 is 0 Å². The highest BCUT2D eigenvalue weighted by molar-refractivity contribution is 9.10. The molecule has 4 rings (SSSR count). The minimum atomic E-state index is 0.143. The number of imidazole rings is 1. The lowest BCUT2D eigenvalue weighted by molar-refractivity contribution is 0.858. The molecule has 0 spiro atoms. The molecule has 0 aliphatic carbocycles. The molecular weight excluding hydrogens is 394 g/mol. The normalized spacial score (nSPS) is 11.1. The fourth-order valence-corrected chi connectivity index (χ4v) is 2.93. The standard InChI is InChI=1S/C15H11BrClN7/c16-12-9-19-14-13(21-15(17)22-24(12)14)18-8-10-4-1-2-5-11(10)23-7-3-6-20-23/h1-7,9H,8H2,(H,18,21,22). The minimum absolute atomic E-state index is 0.143. The number of hydrogen-bond acceptors (Lipinski definition) is 5. The largest absolute Gasteiger partial charge is 0.363 e. The Morgan fingerprint density at radius 1 is 1.21 bits per heavy atom. The van der Waals surface area contributed by atoms with Gasteiger partial charge in [-0.25, -0.2) is 14.2 Å². The first-order valence-corrected chi connectivity index (χ1v) is 8.28. The van der Waals surface area contributed by atoms with Crippen molar-refractivity contribution in [3.8, 4) is 5.69 Å². The van der Waals surface area contributed by atoms with Crippen LogP contribution in [0, 0.1) is 0 Å². The van der Waals surface area contributed by atoms with E-state index in [0.29, 0.717) is 22.6 Å². The highest BCUT2D eigenvalue weighted by atomic mass is 79.9. The SMILES string of the molecule is Clc1nc(NCc2ccccc2-n2cccn2)c2ncc(Br)n2n1. The van der Waals surface area contributed by atoms with E-state index in [9.17, 15) is 0 Å². The molecule has 1 N–H and O–H groups in total. The number of para-hydroxylation sites is 1. The van der Waals surface area contributed by atoms with Crippen molar-refractivity contribution in [3.05, 3.63) is 64.4 Å². The predicted octanol–water partition coefficient (Wildman–Crippen LogP) is 3.34. The maximum atomic E-state index is 6.00. The van der Waals surface area contributed by atoms with E-state index < -0.39 is 0 Å². The van der Waals surface area contributed by atoms with E-state index in [1.165, 1.54) is 0 Å². The Morgan fingerprint density at radius 3 is 2.92 bits per heavy atom. The third-order valence-electron chi connectivity index (χ3n) is 3.48. The fraction of sp³-hybridized carbons (Fsp3) is 0.0667. The van der Waals surface area contributed by atoms with Crippen LogP contribution in [-0.2, 0) is 6.54 Å². The number of fused-ring (bicyclic) bond motifs is 1. The molecule has 120 valence electrons. The molecule has 0 saturated heterocycles. The summed E-state index contributed by atoms with van der Waals surface area (Å²) in [5.41, 5.74) is 2.67. The van der Waals surface area contributed by atoms with Crippen molar-refractivity contribution in [2.24, 2.45) is 0 Å². The van der Waals surface area contributed by atoms with Crippen LogP contribution in [0.25, 0.3) is 11.3 Å². The summed E-state index contributed by atoms with van der Waals surface area (Å²) in [6, 6.07) is 9.90. The molecule has 0 radical (unpaired) electrons. The van der Waals surface area contributed by atoms with Gasteiger partial charge in [-0.15, -0.1) is 5.10 Å². The number of aromatic nitrogens is 6. The molecule has 24 heavy (non-hydrogen) atoms. The number of halogens is 2. The number of hydrogen-bond donors (Lipinski definition) is 1. The van der Waals surface area contributed by atoms with Crippen molar-refractivity contribution in [1.29, 1.82) is 0 Å². The Kier molecular flexibility index (Phi) is 3.91. The van der Waals surface area contributed by atoms with Gasteiger partial charge < -0.3 is 5.32 Å². The molecule has 4 aromatic rings. The Bertz CT molecular complexity index is 996. The van der Waals surface area contributed by atoms with Crippen molar-refractivity contribution < 1.29 is 0 Å². The zero-order chi connectivity index (χ0) is 16.5. The third-order valence-corrected chi connectivity index (χ3v) is 4.18. The van der Waals surface area contributed by atoms with Crippen molar-refractivity contribution in [2.75, 3.05) is 5.32 Å². The van der Waals surface area contributed by atoms with Gasteiger partial charge in [-0.2, -0.15) is 10.1 Å². The van der Waals surface area contributed by atoms with E-state index in [4.69, 9.17) is 11.6 Å². The average Bonchev–Trinajstić information content (AvgIpc) is 3.24. The monoisotopic (exact) mass is 403 g/mol. The molecule has 0 saturated carbocycles. The molecule has 0 aliphatic rings. The van der Waals surface area contributed by atoms with E-state index in [2.05, 4.69) is 41.4 Å². The van der Waals surface area contributed by atoms with E-state index in [0.717, 1.165) is 11.3 Å². The van der Waals surface area contributed by atoms with Crippen LogP contribution in [-0.4, -0.2) is 29.4 Å². The Balaban J connectivity index is 1.67. The number of nitrogens with one attached hydrogen (secondary N) is 1. The van der Waals surface area contributed by atoms with Crippen molar-refractivity contribution in [1.82, 2.24) is 29.4 Å². The third kappa shape index (κ3) is 2.74. The van der Waals surface area contributed by atoms with Gasteiger partial charge in [0.15, 0.2) is 11.5 Å². The fourth-order valence-electron chi connectivity index (χ4n) is 2.42. The summed E-state index contributed by atoms with van der Waals surface area (Å²) in [5.74, 6) is 0.566. The first-order chi connectivity index (χ1) is 11.7. The molecule has 1 aromatic carbocycles. The van der Waals surface area contributed by atoms with E-state index in [-0.39, 0.29) is 5.28 Å². The molecule has 9 heteroatoms. The van der Waals surface area contributed by atoms with Gasteiger partial charge in [0, 0.05) is 18.9 Å². The maximum Gasteiger partial charge on any atom is 0.243 e. The van der Waals surface area contributed by atoms with Gasteiger partial charge in [-0.05, 0) is 45.2 Å². The second kappa shape index (κ2) is 6.21. The molecule has 0 atom stereocenters. The molecule has 0 amide bonds. The van der Waals surface area contributed by atoms with Gasteiger partial charge in [0.05, 0.1) is 11.9 Å². The molecule has 0 unspecified atom stereocenters. The average molecular weight is 405 g/mol. The van der Waals surface area contributed by atoms with Crippen LogP contribution >= 0.6 is 27.5 Å². The number of rotatable bonds is 4. The first kappa shape index (κ1) is 15.1. The second-order valence-electron chi connectivity index (χ2n) is 4.98. The lowest BCUT2D eigenvalue weighted by Crippen LogP contribution is -2.09. The molecule has 3 heterocycles. The highest BCUT2D eigenvalue weighted by Crippen LogP contribution is 2.21. The zero-order valence-electron chi connectivity index (χ0n) is 12.3. The smallest absolute Gasteiger partial charge is 0.243 e. The Labute approximate surface area is 150 Å². The maximum absolute atomic E-state index is 6.00. The summed E-state index contributed by atoms with van der Waals surface area (Å²) >= 11 is 9.38. The summed E-state index contributed by atoms with van der Waals surface area (Å²) < 4.78 is 4.13. The number of benzene rings is 1. The van der Waals surface area contributed by atoms with E-state index in [1.54, 1.807) is 16.9 Å². The Morgan fingerprint density at radius 2 is 2.08 bits per heavy atom. The molecule has 0 bridgehead atoms. The number of anilines is 1. The van der Waals surface area contributed by atoms with Gasteiger partial charge >= 0.3 is 0 Å². The van der Waals surface area contributed by atoms with Crippen LogP contribution in [0.3, 0.4) is 0 Å². The van der Waals surface area contributed by atoms with Crippen molar-refractivity contribution in [3.63, 3.8) is 0 Å². The van der Waals surface area contributed by atoms with Gasteiger partial charge in [0.25, 0.3) is 0 Å². The zero-order valence-corrected chi connectivity index (χ0v) is 14.6. The van der Waals surface area contributed by atoms with E-state index in [1.807, 2.05) is 41.2 Å². The summed E-state index contributed by atoms with van der Waals surface area (Å²) in [4.78, 5) is 8.54. The number of nitrogens with zero attached hydrogens (tertiary/aromatic N) is 6. The van der Waals surface area contributed by atoms with Crippen LogP contribution in [0.1, 0.15) is 5.56 Å². The summed E-state index contributed by atoms with van der Waals surface area (Å²) in [7, 11) is 0. The Hall–Kier alpha value is -2.45. The molecule has 0 fully saturated rings. The lowest BCUT2D eigenvalue weighted by Gasteiger charge is -2.11. The molecular formula is C15H11BrClN7. The summed E-state index contributed by atoms with van der Waals surface area (Å²) in [6.07, 6.45) is 5.31. The molecule has 3 aromatic heterocycles. The molecule has 0 aliphatic heterocycles. The highest BCUT2D eigenvalue weighted by Gasteiger charge is 2.12. The van der Waals surface area contributed by atoms with Crippen LogP contribution < -0.4 is 5.32 Å². The quantitative estimate of drug-likeness (QED) is 0.565. The van der Waals surface area contributed by atoms with Gasteiger partial charge in [-0.3, -0.25) is 0 Å². The van der Waals surface area contributed by atoms with Crippen molar-refractivity contribution >= 4 is 39.0 Å². The van der Waals surface area contributed by atoms with Crippen LogP contribution in [0.15, 0.2) is 53.5 Å². The van der Waals surface area contributed by atoms with Gasteiger partial charge in [0.2, 0.25) is 5.28 Å². The second-order valence-corrected chi connectivity index (χ2v) is 6.13. The van der Waals surface area contributed by atoms with Gasteiger partial charge in [0.1, 0.15) is 4.60 Å². The minimum Gasteiger partial charge on any atom is -0.363 e. The van der Waals surface area contributed by atoms with Crippen LogP contribution in [0.4, 0.5) is 5.82 Å².